The minimum absolute atomic E-state index is 0.102. The van der Waals surface area contributed by atoms with E-state index in [0.717, 1.165) is 25.8 Å². The van der Waals surface area contributed by atoms with Crippen molar-refractivity contribution in [3.05, 3.63) is 28.9 Å². The Bertz CT molecular complexity index is 671. The molecule has 1 aromatic rings. The molecule has 1 saturated carbocycles. The Balaban J connectivity index is 1.75. The largest absolute Gasteiger partial charge is 0.444 e. The van der Waals surface area contributed by atoms with Gasteiger partial charge in [0.1, 0.15) is 5.60 Å². The molecule has 138 valence electrons. The van der Waals surface area contributed by atoms with Crippen molar-refractivity contribution in [3.8, 4) is 0 Å². The summed E-state index contributed by atoms with van der Waals surface area (Å²) in [7, 11) is 0. The summed E-state index contributed by atoms with van der Waals surface area (Å²) in [4.78, 5) is 30.2. The van der Waals surface area contributed by atoms with Crippen molar-refractivity contribution in [1.29, 1.82) is 0 Å². The number of hydrogen-bond acceptors (Lipinski definition) is 4. The molecule has 0 unspecified atom stereocenters. The van der Waals surface area contributed by atoms with Crippen LogP contribution in [-0.4, -0.2) is 39.2 Å². The van der Waals surface area contributed by atoms with Crippen molar-refractivity contribution in [2.24, 2.45) is 11.3 Å². The van der Waals surface area contributed by atoms with Crippen LogP contribution in [0.1, 0.15) is 52.9 Å². The van der Waals surface area contributed by atoms with E-state index in [-0.39, 0.29) is 17.2 Å². The first-order chi connectivity index (χ1) is 11.8. The molecular weight excluding hydrogens is 318 g/mol. The molecule has 1 aromatic heterocycles. The maximum atomic E-state index is 12.5. The molecule has 2 heterocycles. The monoisotopic (exact) mass is 347 g/mol. The molecule has 1 aliphatic heterocycles. The van der Waals surface area contributed by atoms with Gasteiger partial charge in [-0.2, -0.15) is 0 Å². The average molecular weight is 347 g/mol. The normalized spacial score (nSPS) is 23.0. The van der Waals surface area contributed by atoms with Gasteiger partial charge in [-0.1, -0.05) is 12.8 Å². The summed E-state index contributed by atoms with van der Waals surface area (Å²) in [6.07, 6.45) is 8.67. The number of ether oxygens (including phenoxy) is 1. The highest BCUT2D eigenvalue weighted by atomic mass is 16.6. The Hall–Kier alpha value is -1.85. The lowest BCUT2D eigenvalue weighted by atomic mass is 9.69. The third kappa shape index (κ3) is 4.05. The van der Waals surface area contributed by atoms with Gasteiger partial charge < -0.3 is 9.64 Å². The Kier molecular flexibility index (Phi) is 4.89. The summed E-state index contributed by atoms with van der Waals surface area (Å²) in [5.74, 6) is 0.399. The first kappa shape index (κ1) is 18.0. The molecule has 0 aromatic carbocycles. The fourth-order valence-electron chi connectivity index (χ4n) is 4.38. The van der Waals surface area contributed by atoms with E-state index in [1.165, 1.54) is 19.0 Å². The van der Waals surface area contributed by atoms with E-state index in [9.17, 15) is 9.59 Å². The molecule has 2 aliphatic rings. The fraction of sp³-hybridized carbons (Fsp3) is 0.737. The number of hydrogen-bond donors (Lipinski definition) is 0. The lowest BCUT2D eigenvalue weighted by Gasteiger charge is -2.46. The predicted molar refractivity (Wildman–Crippen MR) is 95.3 cm³/mol. The molecule has 6 nitrogen and oxygen atoms in total. The Labute approximate surface area is 149 Å². The van der Waals surface area contributed by atoms with Crippen LogP contribution in [0.25, 0.3) is 0 Å². The summed E-state index contributed by atoms with van der Waals surface area (Å²) in [5, 5.41) is 0. The lowest BCUT2D eigenvalue weighted by molar-refractivity contribution is -0.0157. The van der Waals surface area contributed by atoms with Crippen molar-refractivity contribution >= 4 is 6.09 Å². The van der Waals surface area contributed by atoms with Crippen molar-refractivity contribution in [2.45, 2.75) is 65.0 Å². The van der Waals surface area contributed by atoms with E-state index in [2.05, 4.69) is 4.98 Å². The highest BCUT2D eigenvalue weighted by Gasteiger charge is 2.46. The first-order valence-electron chi connectivity index (χ1n) is 9.28. The van der Waals surface area contributed by atoms with Crippen LogP contribution in [0.15, 0.2) is 23.3 Å². The SMILES string of the molecule is CC(C)(C)OC(=O)N1CC[C@@H](Cn2cccnc2=O)C2(CCCC2)C1. The van der Waals surface area contributed by atoms with E-state index >= 15 is 0 Å². The summed E-state index contributed by atoms with van der Waals surface area (Å²) in [5.41, 5.74) is -0.560. The van der Waals surface area contributed by atoms with Gasteiger partial charge in [-0.3, -0.25) is 4.57 Å². The quantitative estimate of drug-likeness (QED) is 0.825. The second-order valence-corrected chi connectivity index (χ2v) is 8.51. The van der Waals surface area contributed by atoms with Gasteiger partial charge in [0.05, 0.1) is 0 Å². The maximum absolute atomic E-state index is 12.5. The van der Waals surface area contributed by atoms with Gasteiger partial charge in [-0.05, 0) is 57.4 Å². The number of likely N-dealkylation sites (tertiary alicyclic amines) is 1. The molecule has 2 fully saturated rings. The van der Waals surface area contributed by atoms with Crippen molar-refractivity contribution in [3.63, 3.8) is 0 Å². The first-order valence-corrected chi connectivity index (χ1v) is 9.28. The molecule has 1 saturated heterocycles. The van der Waals surface area contributed by atoms with Gasteiger partial charge in [-0.15, -0.1) is 0 Å². The minimum atomic E-state index is -0.472. The molecule has 1 amide bonds. The van der Waals surface area contributed by atoms with E-state index in [0.29, 0.717) is 19.0 Å². The standard InChI is InChI=1S/C19H29N3O3/c1-18(2,3)25-17(24)22-12-7-15(19(14-22)8-4-5-9-19)13-21-11-6-10-20-16(21)23/h6,10-11,15H,4-5,7-9,12-14H2,1-3H3/t15-/m0/s1. The van der Waals surface area contributed by atoms with Crippen LogP contribution >= 0.6 is 0 Å². The molecule has 0 N–H and O–H groups in total. The molecule has 1 atom stereocenters. The smallest absolute Gasteiger partial charge is 0.410 e. The van der Waals surface area contributed by atoms with Gasteiger partial charge in [0.25, 0.3) is 0 Å². The summed E-state index contributed by atoms with van der Waals surface area (Å²) >= 11 is 0. The zero-order chi connectivity index (χ0) is 18.1. The highest BCUT2D eigenvalue weighted by molar-refractivity contribution is 5.68. The number of carbonyl (C=O) groups excluding carboxylic acids is 1. The van der Waals surface area contributed by atoms with Crippen LogP contribution in [0, 0.1) is 11.3 Å². The van der Waals surface area contributed by atoms with E-state index < -0.39 is 5.60 Å². The van der Waals surface area contributed by atoms with Crippen molar-refractivity contribution in [2.75, 3.05) is 13.1 Å². The lowest BCUT2D eigenvalue weighted by Crippen LogP contribution is -2.52. The Morgan fingerprint density at radius 2 is 2.08 bits per heavy atom. The van der Waals surface area contributed by atoms with E-state index in [4.69, 9.17) is 4.74 Å². The van der Waals surface area contributed by atoms with Crippen LogP contribution in [0.5, 0.6) is 0 Å². The summed E-state index contributed by atoms with van der Waals surface area (Å²) in [6.45, 7) is 7.82. The summed E-state index contributed by atoms with van der Waals surface area (Å²) < 4.78 is 7.29. The summed E-state index contributed by atoms with van der Waals surface area (Å²) in [6, 6.07) is 1.80. The third-order valence-electron chi connectivity index (χ3n) is 5.57. The molecule has 0 bridgehead atoms. The van der Waals surface area contributed by atoms with Gasteiger partial charge >= 0.3 is 11.8 Å². The van der Waals surface area contributed by atoms with Crippen LogP contribution < -0.4 is 5.69 Å². The van der Waals surface area contributed by atoms with Crippen LogP contribution in [0.2, 0.25) is 0 Å². The fourth-order valence-corrected chi connectivity index (χ4v) is 4.38. The van der Waals surface area contributed by atoms with E-state index in [1.807, 2.05) is 31.9 Å². The third-order valence-corrected chi connectivity index (χ3v) is 5.57. The number of amides is 1. The van der Waals surface area contributed by atoms with Crippen LogP contribution in [-0.2, 0) is 11.3 Å². The average Bonchev–Trinajstić information content (AvgIpc) is 2.99. The van der Waals surface area contributed by atoms with Crippen LogP contribution in [0.4, 0.5) is 4.79 Å². The minimum Gasteiger partial charge on any atom is -0.444 e. The molecule has 1 aliphatic carbocycles. The van der Waals surface area contributed by atoms with Crippen molar-refractivity contribution in [1.82, 2.24) is 14.5 Å². The van der Waals surface area contributed by atoms with Gasteiger partial charge in [0.15, 0.2) is 0 Å². The Morgan fingerprint density at radius 1 is 1.36 bits per heavy atom. The molecular formula is C19H29N3O3. The van der Waals surface area contributed by atoms with Gasteiger partial charge in [-0.25, -0.2) is 14.6 Å². The predicted octanol–water partition coefficient (Wildman–Crippen LogP) is 3.06. The molecule has 1 spiro atoms. The topological polar surface area (TPSA) is 64.4 Å². The number of piperidine rings is 1. The number of rotatable bonds is 2. The zero-order valence-corrected chi connectivity index (χ0v) is 15.5. The van der Waals surface area contributed by atoms with Gasteiger partial charge in [0, 0.05) is 32.0 Å². The van der Waals surface area contributed by atoms with E-state index in [1.54, 1.807) is 10.6 Å². The molecule has 6 heteroatoms. The number of nitrogens with zero attached hydrogens (tertiary/aromatic N) is 3. The molecule has 0 radical (unpaired) electrons. The molecule has 3 rings (SSSR count). The second-order valence-electron chi connectivity index (χ2n) is 8.51. The molecule has 25 heavy (non-hydrogen) atoms. The van der Waals surface area contributed by atoms with Crippen LogP contribution in [0.3, 0.4) is 0 Å². The second kappa shape index (κ2) is 6.81. The number of aromatic nitrogens is 2. The number of carbonyl (C=O) groups is 1. The van der Waals surface area contributed by atoms with Crippen molar-refractivity contribution < 1.29 is 9.53 Å². The van der Waals surface area contributed by atoms with Gasteiger partial charge in [0.2, 0.25) is 0 Å². The zero-order valence-electron chi connectivity index (χ0n) is 15.5. The Morgan fingerprint density at radius 3 is 2.72 bits per heavy atom. The highest BCUT2D eigenvalue weighted by Crippen LogP contribution is 2.49. The maximum Gasteiger partial charge on any atom is 0.410 e.